The van der Waals surface area contributed by atoms with Gasteiger partial charge in [0.05, 0.1) is 6.61 Å². The number of nitrogens with two attached hydrogens (primary N) is 1. The van der Waals surface area contributed by atoms with Gasteiger partial charge in [-0.2, -0.15) is 0 Å². The van der Waals surface area contributed by atoms with Crippen LogP contribution in [-0.4, -0.2) is 40.5 Å². The molecule has 0 aliphatic rings. The van der Waals surface area contributed by atoms with Gasteiger partial charge in [0.1, 0.15) is 5.06 Å². The molecule has 2 unspecified atom stereocenters. The van der Waals surface area contributed by atoms with E-state index in [-0.39, 0.29) is 25.0 Å². The van der Waals surface area contributed by atoms with Gasteiger partial charge in [0.15, 0.2) is 0 Å². The zero-order valence-corrected chi connectivity index (χ0v) is 15.2. The molecule has 0 aromatic carbocycles. The van der Waals surface area contributed by atoms with Crippen molar-refractivity contribution in [2.45, 2.75) is 88.7 Å². The molecule has 5 nitrogen and oxygen atoms in total. The summed E-state index contributed by atoms with van der Waals surface area (Å²) in [6, 6.07) is -0.120. The van der Waals surface area contributed by atoms with Crippen molar-refractivity contribution < 1.29 is 19.7 Å². The fraction of sp³-hybridized carbons (Fsp3) is 0.941. The number of halogens is 1. The molecule has 6 heteroatoms. The molecule has 4 N–H and O–H groups in total. The van der Waals surface area contributed by atoms with Crippen LogP contribution >= 0.6 is 11.6 Å². The molecule has 0 aromatic heterocycles. The number of esters is 1. The highest BCUT2D eigenvalue weighted by atomic mass is 35.5. The van der Waals surface area contributed by atoms with Gasteiger partial charge in [-0.3, -0.25) is 4.79 Å². The van der Waals surface area contributed by atoms with Crippen molar-refractivity contribution in [1.29, 1.82) is 0 Å². The Morgan fingerprint density at radius 1 is 1.13 bits per heavy atom. The van der Waals surface area contributed by atoms with Gasteiger partial charge in [0.2, 0.25) is 0 Å². The van der Waals surface area contributed by atoms with Crippen molar-refractivity contribution in [3.8, 4) is 0 Å². The van der Waals surface area contributed by atoms with Crippen LogP contribution in [0.2, 0.25) is 0 Å². The van der Waals surface area contributed by atoms with E-state index in [2.05, 4.69) is 0 Å². The topological polar surface area (TPSA) is 92.8 Å². The first-order valence-corrected chi connectivity index (χ1v) is 9.16. The van der Waals surface area contributed by atoms with Crippen LogP contribution in [0.3, 0.4) is 0 Å². The first-order valence-electron chi connectivity index (χ1n) is 8.78. The molecule has 0 heterocycles. The van der Waals surface area contributed by atoms with E-state index in [4.69, 9.17) is 27.2 Å². The Labute approximate surface area is 145 Å². The maximum absolute atomic E-state index is 10.6. The lowest BCUT2D eigenvalue weighted by molar-refractivity contribution is -0.141. The fourth-order valence-corrected chi connectivity index (χ4v) is 2.85. The Balaban J connectivity index is 3.34. The summed E-state index contributed by atoms with van der Waals surface area (Å²) in [5, 5.41) is 17.2. The van der Waals surface area contributed by atoms with Crippen LogP contribution in [0.4, 0.5) is 0 Å². The third kappa shape index (κ3) is 16.3. The van der Waals surface area contributed by atoms with E-state index in [1.807, 2.05) is 0 Å². The molecular weight excluding hydrogens is 318 g/mol. The van der Waals surface area contributed by atoms with Crippen LogP contribution in [0.1, 0.15) is 77.6 Å². The molecule has 0 aliphatic carbocycles. The van der Waals surface area contributed by atoms with Crippen LogP contribution in [0, 0.1) is 0 Å². The van der Waals surface area contributed by atoms with Crippen LogP contribution < -0.4 is 5.73 Å². The highest BCUT2D eigenvalue weighted by molar-refractivity contribution is 6.22. The lowest BCUT2D eigenvalue weighted by atomic mass is 10.00. The van der Waals surface area contributed by atoms with Gasteiger partial charge in [-0.1, -0.05) is 56.5 Å². The molecule has 0 saturated carbocycles. The van der Waals surface area contributed by atoms with Gasteiger partial charge in [0.25, 0.3) is 0 Å². The van der Waals surface area contributed by atoms with Gasteiger partial charge in [-0.25, -0.2) is 0 Å². The Bertz CT molecular complexity index is 300. The molecule has 0 bridgehead atoms. The Kier molecular flexibility index (Phi) is 13.8. The lowest BCUT2D eigenvalue weighted by Crippen LogP contribution is -2.33. The Morgan fingerprint density at radius 3 is 2.17 bits per heavy atom. The predicted octanol–water partition coefficient (Wildman–Crippen LogP) is 3.09. The van der Waals surface area contributed by atoms with Gasteiger partial charge in [-0.05, 0) is 12.8 Å². The molecule has 0 fully saturated rings. The summed E-state index contributed by atoms with van der Waals surface area (Å²) in [4.78, 5) is 10.6. The average molecular weight is 352 g/mol. The van der Waals surface area contributed by atoms with E-state index < -0.39 is 5.06 Å². The molecule has 0 saturated heterocycles. The number of ether oxygens (including phenoxy) is 1. The summed E-state index contributed by atoms with van der Waals surface area (Å²) in [7, 11) is 0. The number of alkyl halides is 1. The van der Waals surface area contributed by atoms with E-state index in [1.54, 1.807) is 0 Å². The maximum atomic E-state index is 10.6. The summed E-state index contributed by atoms with van der Waals surface area (Å²) in [6.07, 6.45) is 10.4. The van der Waals surface area contributed by atoms with Crippen molar-refractivity contribution >= 4 is 17.6 Å². The third-order valence-corrected chi connectivity index (χ3v) is 4.19. The first kappa shape index (κ1) is 22.6. The average Bonchev–Trinajstić information content (AvgIpc) is 2.43. The Morgan fingerprint density at radius 2 is 1.65 bits per heavy atom. The summed E-state index contributed by atoms with van der Waals surface area (Å²) in [6.45, 7) is 1.84. The first-order chi connectivity index (χ1) is 10.9. The summed E-state index contributed by atoms with van der Waals surface area (Å²) < 4.78 is 4.88. The minimum atomic E-state index is -1.37. The summed E-state index contributed by atoms with van der Waals surface area (Å²) in [5.74, 6) is -0.202. The van der Waals surface area contributed by atoms with Gasteiger partial charge in [0, 0.05) is 32.4 Å². The number of rotatable bonds is 15. The molecule has 0 radical (unpaired) electrons. The van der Waals surface area contributed by atoms with E-state index in [0.717, 1.165) is 32.1 Å². The number of unbranched alkanes of at least 4 members (excludes halogenated alkanes) is 7. The Hall–Kier alpha value is -0.360. The number of hydrogen-bond donors (Lipinski definition) is 3. The molecule has 2 atom stereocenters. The lowest BCUT2D eigenvalue weighted by Gasteiger charge is -2.23. The molecule has 0 amide bonds. The minimum Gasteiger partial charge on any atom is -0.466 e. The molecule has 0 aliphatic heterocycles. The van der Waals surface area contributed by atoms with Crippen molar-refractivity contribution in [2.75, 3.05) is 13.2 Å². The predicted molar refractivity (Wildman–Crippen MR) is 93.3 cm³/mol. The summed E-state index contributed by atoms with van der Waals surface area (Å²) >= 11 is 5.87. The smallest absolute Gasteiger partial charge is 0.302 e. The van der Waals surface area contributed by atoms with Crippen molar-refractivity contribution in [2.24, 2.45) is 5.73 Å². The molecule has 0 aromatic rings. The van der Waals surface area contributed by atoms with Crippen molar-refractivity contribution in [3.63, 3.8) is 0 Å². The standard InChI is InChI=1S/C17H34ClNO4/c1-15(21)23-13-9-7-5-3-2-4-6-8-10-16(19)14-17(18,22)11-12-20/h16,20,22H,2-14,19H2,1H3. The normalized spacial score (nSPS) is 15.2. The molecular formula is C17H34ClNO4. The number of aliphatic hydroxyl groups excluding tert-OH is 1. The van der Waals surface area contributed by atoms with Crippen LogP contribution in [0.5, 0.6) is 0 Å². The fourth-order valence-electron chi connectivity index (χ4n) is 2.56. The second-order valence-corrected chi connectivity index (χ2v) is 7.02. The SMILES string of the molecule is CC(=O)OCCCCCCCCCCC(N)CC(O)(Cl)CCO. The van der Waals surface area contributed by atoms with Crippen LogP contribution in [-0.2, 0) is 9.53 Å². The van der Waals surface area contributed by atoms with E-state index in [9.17, 15) is 9.90 Å². The molecule has 23 heavy (non-hydrogen) atoms. The zero-order valence-electron chi connectivity index (χ0n) is 14.4. The van der Waals surface area contributed by atoms with Gasteiger partial charge >= 0.3 is 5.97 Å². The number of carbonyl (C=O) groups excluding carboxylic acids is 1. The number of carbonyl (C=O) groups is 1. The summed E-state index contributed by atoms with van der Waals surface area (Å²) in [5.41, 5.74) is 5.96. The molecule has 0 rings (SSSR count). The van der Waals surface area contributed by atoms with Crippen molar-refractivity contribution in [1.82, 2.24) is 0 Å². The number of hydrogen-bond acceptors (Lipinski definition) is 5. The van der Waals surface area contributed by atoms with Crippen molar-refractivity contribution in [3.05, 3.63) is 0 Å². The van der Waals surface area contributed by atoms with Gasteiger partial charge < -0.3 is 20.7 Å². The van der Waals surface area contributed by atoms with Gasteiger partial charge in [-0.15, -0.1) is 0 Å². The second kappa shape index (κ2) is 14.0. The largest absolute Gasteiger partial charge is 0.466 e. The minimum absolute atomic E-state index is 0.120. The maximum Gasteiger partial charge on any atom is 0.302 e. The second-order valence-electron chi connectivity index (χ2n) is 6.31. The van der Waals surface area contributed by atoms with Crippen LogP contribution in [0.25, 0.3) is 0 Å². The van der Waals surface area contributed by atoms with Crippen LogP contribution in [0.15, 0.2) is 0 Å². The highest BCUT2D eigenvalue weighted by Gasteiger charge is 2.25. The van der Waals surface area contributed by atoms with E-state index in [0.29, 0.717) is 13.0 Å². The number of aliphatic hydroxyl groups is 2. The molecule has 138 valence electrons. The quantitative estimate of drug-likeness (QED) is 0.239. The highest BCUT2D eigenvalue weighted by Crippen LogP contribution is 2.23. The van der Waals surface area contributed by atoms with E-state index in [1.165, 1.54) is 32.6 Å². The zero-order chi connectivity index (χ0) is 17.6. The third-order valence-electron chi connectivity index (χ3n) is 3.84. The molecule has 0 spiro atoms. The monoisotopic (exact) mass is 351 g/mol. The van der Waals surface area contributed by atoms with E-state index >= 15 is 0 Å².